The molecule has 1 fully saturated rings. The Hall–Kier alpha value is -2.19. The maximum absolute atomic E-state index is 12.4. The number of amides is 1. The average Bonchev–Trinajstić information content (AvgIpc) is 3.35. The highest BCUT2D eigenvalue weighted by Gasteiger charge is 2.33. The molecule has 1 amide bonds. The van der Waals surface area contributed by atoms with Gasteiger partial charge in [0.1, 0.15) is 22.9 Å². The van der Waals surface area contributed by atoms with Crippen LogP contribution in [0.5, 0.6) is 5.88 Å². The van der Waals surface area contributed by atoms with E-state index in [0.29, 0.717) is 25.0 Å². The second-order valence-corrected chi connectivity index (χ2v) is 11.4. The van der Waals surface area contributed by atoms with Crippen molar-refractivity contribution in [2.45, 2.75) is 89.9 Å². The lowest BCUT2D eigenvalue weighted by atomic mass is 9.92. The highest BCUT2D eigenvalue weighted by atomic mass is 32.1. The van der Waals surface area contributed by atoms with Crippen LogP contribution in [-0.4, -0.2) is 59.0 Å². The zero-order valence-electron chi connectivity index (χ0n) is 21.0. The van der Waals surface area contributed by atoms with Crippen molar-refractivity contribution in [2.75, 3.05) is 20.3 Å². The summed E-state index contributed by atoms with van der Waals surface area (Å²) in [6.45, 7) is 9.04. The van der Waals surface area contributed by atoms with Crippen molar-refractivity contribution in [3.63, 3.8) is 0 Å². The molecule has 0 aliphatic heterocycles. The van der Waals surface area contributed by atoms with E-state index in [0.717, 1.165) is 48.7 Å². The molecule has 7 nitrogen and oxygen atoms in total. The molecule has 0 unspecified atom stereocenters. The van der Waals surface area contributed by atoms with Gasteiger partial charge in [0.2, 0.25) is 5.88 Å². The molecule has 4 rings (SSSR count). The summed E-state index contributed by atoms with van der Waals surface area (Å²) in [5, 5.41) is 1.08. The van der Waals surface area contributed by atoms with Crippen LogP contribution in [0.4, 0.5) is 4.79 Å². The Morgan fingerprint density at radius 1 is 1.21 bits per heavy atom. The molecule has 0 N–H and O–H groups in total. The lowest BCUT2D eigenvalue weighted by Crippen LogP contribution is -2.43. The molecule has 186 valence electrons. The maximum atomic E-state index is 12.4. The van der Waals surface area contributed by atoms with Crippen molar-refractivity contribution in [2.24, 2.45) is 0 Å². The molecule has 2 aliphatic carbocycles. The third kappa shape index (κ3) is 5.71. The Morgan fingerprint density at radius 3 is 2.68 bits per heavy atom. The van der Waals surface area contributed by atoms with Crippen LogP contribution >= 0.6 is 11.3 Å². The number of aryl methyl sites for hydroxylation is 1. The molecule has 0 spiro atoms. The summed E-state index contributed by atoms with van der Waals surface area (Å²) in [6.07, 6.45) is 11.2. The molecule has 2 aliphatic rings. The van der Waals surface area contributed by atoms with E-state index in [-0.39, 0.29) is 18.2 Å². The van der Waals surface area contributed by atoms with Gasteiger partial charge < -0.3 is 19.1 Å². The Kier molecular flexibility index (Phi) is 7.77. The largest absolute Gasteiger partial charge is 0.474 e. The molecule has 1 saturated carbocycles. The summed E-state index contributed by atoms with van der Waals surface area (Å²) in [4.78, 5) is 25.7. The van der Waals surface area contributed by atoms with Crippen LogP contribution in [0.2, 0.25) is 0 Å². The second-order valence-electron chi connectivity index (χ2n) is 10.3. The van der Waals surface area contributed by atoms with Crippen molar-refractivity contribution in [3.8, 4) is 5.88 Å². The van der Waals surface area contributed by atoms with Gasteiger partial charge in [-0.05, 0) is 71.8 Å². The van der Waals surface area contributed by atoms with E-state index in [1.165, 1.54) is 10.4 Å². The molecule has 0 radical (unpaired) electrons. The van der Waals surface area contributed by atoms with Gasteiger partial charge in [-0.3, -0.25) is 0 Å². The fourth-order valence-electron chi connectivity index (χ4n) is 4.86. The minimum Gasteiger partial charge on any atom is -0.474 e. The van der Waals surface area contributed by atoms with E-state index in [2.05, 4.69) is 9.97 Å². The van der Waals surface area contributed by atoms with E-state index < -0.39 is 5.60 Å². The predicted octanol–water partition coefficient (Wildman–Crippen LogP) is 5.87. The van der Waals surface area contributed by atoms with Gasteiger partial charge >= 0.3 is 6.09 Å². The highest BCUT2D eigenvalue weighted by molar-refractivity contribution is 7.19. The zero-order chi connectivity index (χ0) is 24.3. The first-order chi connectivity index (χ1) is 16.3. The number of carbonyl (C=O) groups excluding carboxylic acids is 1. The third-order valence-electron chi connectivity index (χ3n) is 6.62. The Labute approximate surface area is 206 Å². The molecule has 2 aromatic heterocycles. The summed E-state index contributed by atoms with van der Waals surface area (Å²) >= 11 is 1.76. The van der Waals surface area contributed by atoms with Crippen LogP contribution < -0.4 is 4.74 Å². The molecule has 0 saturated heterocycles. The lowest BCUT2D eigenvalue weighted by Gasteiger charge is -2.35. The van der Waals surface area contributed by atoms with Crippen LogP contribution in [0.1, 0.15) is 76.2 Å². The first kappa shape index (κ1) is 24.9. The van der Waals surface area contributed by atoms with Gasteiger partial charge in [-0.1, -0.05) is 12.2 Å². The Morgan fingerprint density at radius 2 is 1.97 bits per heavy atom. The highest BCUT2D eigenvalue weighted by Crippen LogP contribution is 2.46. The number of thiophene rings is 1. The molecule has 0 aromatic carbocycles. The van der Waals surface area contributed by atoms with Gasteiger partial charge in [-0.25, -0.2) is 14.8 Å². The number of rotatable bonds is 7. The van der Waals surface area contributed by atoms with Crippen LogP contribution in [0, 0.1) is 0 Å². The Bertz CT molecular complexity index is 1020. The number of ether oxygens (including phenoxy) is 3. The number of hydrogen-bond donors (Lipinski definition) is 0. The van der Waals surface area contributed by atoms with E-state index in [1.807, 2.05) is 46.9 Å². The zero-order valence-corrected chi connectivity index (χ0v) is 21.8. The standard InChI is InChI=1S/C26H37N3O4S/c1-6-7-14-31-15-17-8-13-20-21(17)22-23(27-16-28-24(22)34-20)32-19-11-9-18(10-12-19)29(5)25(30)33-26(2,3)4/h6-7,16-19H,8-15H2,1-5H3/b7-6+/t17-,18?,19?/m1/s1. The van der Waals surface area contributed by atoms with Gasteiger partial charge in [-0.15, -0.1) is 11.3 Å². The molecule has 0 bridgehead atoms. The van der Waals surface area contributed by atoms with E-state index >= 15 is 0 Å². The Balaban J connectivity index is 1.41. The van der Waals surface area contributed by atoms with Gasteiger partial charge in [0.05, 0.1) is 18.6 Å². The number of carbonyl (C=O) groups is 1. The molecule has 8 heteroatoms. The van der Waals surface area contributed by atoms with Crippen molar-refractivity contribution in [1.29, 1.82) is 0 Å². The average molecular weight is 488 g/mol. The van der Waals surface area contributed by atoms with E-state index in [4.69, 9.17) is 14.2 Å². The number of hydrogen-bond acceptors (Lipinski definition) is 7. The molecule has 2 heterocycles. The van der Waals surface area contributed by atoms with Gasteiger partial charge in [0.15, 0.2) is 0 Å². The second kappa shape index (κ2) is 10.6. The van der Waals surface area contributed by atoms with Gasteiger partial charge in [0, 0.05) is 23.9 Å². The molecular formula is C26H37N3O4S. The number of allylic oxidation sites excluding steroid dienone is 1. The van der Waals surface area contributed by atoms with E-state index in [9.17, 15) is 4.79 Å². The van der Waals surface area contributed by atoms with Gasteiger partial charge in [0.25, 0.3) is 0 Å². The van der Waals surface area contributed by atoms with Crippen LogP contribution in [-0.2, 0) is 15.9 Å². The van der Waals surface area contributed by atoms with Crippen molar-refractivity contribution >= 4 is 27.6 Å². The summed E-state index contributed by atoms with van der Waals surface area (Å²) in [7, 11) is 1.83. The fraction of sp³-hybridized carbons (Fsp3) is 0.654. The van der Waals surface area contributed by atoms with Crippen LogP contribution in [0.25, 0.3) is 10.2 Å². The lowest BCUT2D eigenvalue weighted by molar-refractivity contribution is 0.0137. The summed E-state index contributed by atoms with van der Waals surface area (Å²) in [6, 6.07) is 0.171. The molecule has 34 heavy (non-hydrogen) atoms. The number of nitrogens with zero attached hydrogens (tertiary/aromatic N) is 3. The maximum Gasteiger partial charge on any atom is 0.410 e. The molecule has 1 atom stereocenters. The van der Waals surface area contributed by atoms with Gasteiger partial charge in [-0.2, -0.15) is 0 Å². The minimum atomic E-state index is -0.486. The van der Waals surface area contributed by atoms with Crippen LogP contribution in [0.15, 0.2) is 18.5 Å². The number of aromatic nitrogens is 2. The monoisotopic (exact) mass is 487 g/mol. The first-order valence-electron chi connectivity index (χ1n) is 12.3. The first-order valence-corrected chi connectivity index (χ1v) is 13.2. The smallest absolute Gasteiger partial charge is 0.410 e. The summed E-state index contributed by atoms with van der Waals surface area (Å²) < 4.78 is 17.9. The number of fused-ring (bicyclic) bond motifs is 3. The molecule has 2 aromatic rings. The summed E-state index contributed by atoms with van der Waals surface area (Å²) in [5.41, 5.74) is 0.842. The predicted molar refractivity (Wildman–Crippen MR) is 135 cm³/mol. The van der Waals surface area contributed by atoms with Crippen molar-refractivity contribution in [3.05, 3.63) is 28.9 Å². The topological polar surface area (TPSA) is 73.8 Å². The fourth-order valence-corrected chi connectivity index (χ4v) is 6.09. The van der Waals surface area contributed by atoms with Crippen molar-refractivity contribution in [1.82, 2.24) is 14.9 Å². The third-order valence-corrected chi connectivity index (χ3v) is 7.79. The minimum absolute atomic E-state index is 0.0859. The normalized spacial score (nSPS) is 22.8. The van der Waals surface area contributed by atoms with Crippen LogP contribution in [0.3, 0.4) is 0 Å². The van der Waals surface area contributed by atoms with E-state index in [1.54, 1.807) is 22.6 Å². The summed E-state index contributed by atoms with van der Waals surface area (Å²) in [5.74, 6) is 1.06. The quantitative estimate of drug-likeness (QED) is 0.359. The SMILES string of the molecule is C/C=C/COC[C@H]1CCc2sc3ncnc(OC4CCC(N(C)C(=O)OC(C)(C)C)CC4)c3c21. The molecular weight excluding hydrogens is 450 g/mol. The van der Waals surface area contributed by atoms with Crippen molar-refractivity contribution < 1.29 is 19.0 Å².